The number of carboxylic acid groups (broad SMARTS) is 1. The third kappa shape index (κ3) is 8.25. The van der Waals surface area contributed by atoms with Crippen LogP contribution in [0.5, 0.6) is 0 Å². The van der Waals surface area contributed by atoms with Crippen LogP contribution in [0.2, 0.25) is 0 Å². The fraction of sp³-hybridized carbons (Fsp3) is 0.308. The molecule has 1 fully saturated rings. The van der Waals surface area contributed by atoms with Crippen molar-refractivity contribution in [3.63, 3.8) is 0 Å². The van der Waals surface area contributed by atoms with Crippen LogP contribution >= 0.6 is 0 Å². The van der Waals surface area contributed by atoms with E-state index in [4.69, 9.17) is 0 Å². The highest BCUT2D eigenvalue weighted by atomic mass is 16.4. The highest BCUT2D eigenvalue weighted by molar-refractivity contribution is 6.11. The zero-order valence-electron chi connectivity index (χ0n) is 28.6. The second-order valence-corrected chi connectivity index (χ2v) is 12.7. The molecule has 4 unspecified atom stereocenters. The molecule has 12 nitrogen and oxygen atoms in total. The number of rotatable bonds is 16. The van der Waals surface area contributed by atoms with Crippen molar-refractivity contribution in [2.75, 3.05) is 11.4 Å². The Morgan fingerprint density at radius 2 is 1.53 bits per heavy atom. The third-order valence-corrected chi connectivity index (χ3v) is 9.37. The molecule has 2 amide bonds. The summed E-state index contributed by atoms with van der Waals surface area (Å²) in [6.07, 6.45) is 3.61. The fourth-order valence-corrected chi connectivity index (χ4v) is 6.89. The molecule has 0 radical (unpaired) electrons. The summed E-state index contributed by atoms with van der Waals surface area (Å²) in [5.74, 6) is -3.16. The number of benzene rings is 3. The Morgan fingerprint density at radius 3 is 2.08 bits per heavy atom. The maximum Gasteiger partial charge on any atom is 0.323 e. The van der Waals surface area contributed by atoms with E-state index in [1.165, 1.54) is 31.1 Å². The Labute approximate surface area is 296 Å². The quantitative estimate of drug-likeness (QED) is 0.114. The maximum absolute atomic E-state index is 14.8. The lowest BCUT2D eigenvalue weighted by Crippen LogP contribution is -2.64. The smallest absolute Gasteiger partial charge is 0.323 e. The number of aliphatic carboxylic acids is 1. The van der Waals surface area contributed by atoms with Gasteiger partial charge in [0.1, 0.15) is 12.1 Å². The molecule has 3 aromatic carbocycles. The van der Waals surface area contributed by atoms with E-state index in [2.05, 4.69) is 20.9 Å². The van der Waals surface area contributed by atoms with Crippen LogP contribution in [-0.4, -0.2) is 69.5 Å². The lowest BCUT2D eigenvalue weighted by atomic mass is 9.68. The van der Waals surface area contributed by atoms with Crippen LogP contribution in [-0.2, 0) is 37.4 Å². The predicted octanol–water partition coefficient (Wildman–Crippen LogP) is 4.45. The van der Waals surface area contributed by atoms with E-state index in [1.807, 2.05) is 48.5 Å². The van der Waals surface area contributed by atoms with E-state index in [9.17, 15) is 29.2 Å². The van der Waals surface area contributed by atoms with Gasteiger partial charge in [-0.1, -0.05) is 91.0 Å². The minimum atomic E-state index is -2.20. The van der Waals surface area contributed by atoms with Gasteiger partial charge in [-0.25, -0.2) is 10.4 Å². The zero-order valence-corrected chi connectivity index (χ0v) is 28.6. The summed E-state index contributed by atoms with van der Waals surface area (Å²) in [7, 11) is 0. The average Bonchev–Trinajstić information content (AvgIpc) is 3.61. The monoisotopic (exact) mass is 690 g/mol. The summed E-state index contributed by atoms with van der Waals surface area (Å²) in [6, 6.07) is 26.7. The first-order valence-electron chi connectivity index (χ1n) is 16.9. The molecule has 3 N–H and O–H groups in total. The number of hydrogen-bond acceptors (Lipinski definition) is 9. The Bertz CT molecular complexity index is 1780. The Morgan fingerprint density at radius 1 is 0.922 bits per heavy atom. The number of hydrazine groups is 1. The van der Waals surface area contributed by atoms with Gasteiger partial charge in [0, 0.05) is 19.2 Å². The summed E-state index contributed by atoms with van der Waals surface area (Å²) < 4.78 is 0. The number of carbonyl (C=O) groups is 4. The standard InChI is InChI=1S/C39H42N6O6/c1-27(41-36(47)33-21-13-23-44(33)42-35(43-51)25-30-16-8-4-9-17-30)37(48)45(32-20-12-22-40-26-32)34(24-29-14-6-3-7-15-29)39(28(2)46,38(49)50)31-18-10-5-11-19-31/h3-12,14-20,22,26-27,33-35,42H,13,21,23-25H2,1-2H3,(H,41,47)(H,49,50)/t27-,33?,34?,35?,39?/m0/s1. The molecule has 1 aliphatic rings. The summed E-state index contributed by atoms with van der Waals surface area (Å²) in [5.41, 5.74) is 2.98. The molecule has 1 saturated heterocycles. The van der Waals surface area contributed by atoms with Crippen molar-refractivity contribution < 1.29 is 24.3 Å². The van der Waals surface area contributed by atoms with Crippen molar-refractivity contribution >= 4 is 29.3 Å². The number of pyridine rings is 1. The lowest BCUT2D eigenvalue weighted by Gasteiger charge is -2.43. The molecular weight excluding hydrogens is 648 g/mol. The molecule has 0 bridgehead atoms. The summed E-state index contributed by atoms with van der Waals surface area (Å²) in [4.78, 5) is 73.2. The highest BCUT2D eigenvalue weighted by Gasteiger charge is 2.55. The number of carboxylic acids is 1. The molecular formula is C39H42N6O6. The van der Waals surface area contributed by atoms with Crippen LogP contribution in [0.25, 0.3) is 0 Å². The highest BCUT2D eigenvalue weighted by Crippen LogP contribution is 2.38. The minimum absolute atomic E-state index is 0.00919. The largest absolute Gasteiger partial charge is 0.480 e. The van der Waals surface area contributed by atoms with E-state index < -0.39 is 53.3 Å². The second-order valence-electron chi connectivity index (χ2n) is 12.7. The minimum Gasteiger partial charge on any atom is -0.480 e. The molecule has 51 heavy (non-hydrogen) atoms. The van der Waals surface area contributed by atoms with Crippen LogP contribution in [0.15, 0.2) is 121 Å². The summed E-state index contributed by atoms with van der Waals surface area (Å²) in [6.45, 7) is 3.23. The number of Topliss-reactive ketones (excluding diaryl/α,β-unsaturated/α-hetero) is 1. The van der Waals surface area contributed by atoms with Gasteiger partial charge in [0.2, 0.25) is 11.8 Å². The van der Waals surface area contributed by atoms with Gasteiger partial charge in [-0.3, -0.25) is 24.2 Å². The molecule has 2 heterocycles. The summed E-state index contributed by atoms with van der Waals surface area (Å²) >= 11 is 0. The predicted molar refractivity (Wildman–Crippen MR) is 192 cm³/mol. The van der Waals surface area contributed by atoms with Gasteiger partial charge >= 0.3 is 5.97 Å². The van der Waals surface area contributed by atoms with Gasteiger partial charge in [-0.2, -0.15) is 0 Å². The number of amides is 2. The van der Waals surface area contributed by atoms with Crippen LogP contribution in [0.1, 0.15) is 43.4 Å². The van der Waals surface area contributed by atoms with Crippen LogP contribution < -0.4 is 15.6 Å². The fourth-order valence-electron chi connectivity index (χ4n) is 6.89. The Balaban J connectivity index is 1.48. The molecule has 0 saturated carbocycles. The molecule has 0 spiro atoms. The molecule has 12 heteroatoms. The second kappa shape index (κ2) is 16.9. The molecule has 1 aliphatic heterocycles. The van der Waals surface area contributed by atoms with Gasteiger partial charge in [0.05, 0.1) is 17.9 Å². The maximum atomic E-state index is 14.8. The zero-order chi connectivity index (χ0) is 36.4. The van der Waals surface area contributed by atoms with Gasteiger partial charge in [-0.05, 0) is 67.1 Å². The first-order chi connectivity index (χ1) is 24.7. The molecule has 5 rings (SSSR count). The van der Waals surface area contributed by atoms with Crippen molar-refractivity contribution in [2.24, 2.45) is 5.18 Å². The number of nitrogens with one attached hydrogen (secondary N) is 2. The molecule has 0 aliphatic carbocycles. The number of nitrogens with zero attached hydrogens (tertiary/aromatic N) is 4. The third-order valence-electron chi connectivity index (χ3n) is 9.37. The number of aromatic nitrogens is 1. The van der Waals surface area contributed by atoms with Gasteiger partial charge in [-0.15, -0.1) is 4.91 Å². The molecule has 1 aromatic heterocycles. The first-order valence-corrected chi connectivity index (χ1v) is 16.9. The first kappa shape index (κ1) is 36.7. The summed E-state index contributed by atoms with van der Waals surface area (Å²) in [5, 5.41) is 18.8. The van der Waals surface area contributed by atoms with Crippen LogP contribution in [0.3, 0.4) is 0 Å². The van der Waals surface area contributed by atoms with Gasteiger partial charge < -0.3 is 15.3 Å². The van der Waals surface area contributed by atoms with Crippen molar-refractivity contribution in [3.8, 4) is 0 Å². The Kier molecular flexibility index (Phi) is 12.1. The molecule has 264 valence electrons. The van der Waals surface area contributed by atoms with E-state index in [0.29, 0.717) is 31.4 Å². The number of anilines is 1. The van der Waals surface area contributed by atoms with Gasteiger partial charge in [0.25, 0.3) is 0 Å². The lowest BCUT2D eigenvalue weighted by molar-refractivity contribution is -0.149. The number of hydrogen-bond donors (Lipinski definition) is 3. The molecule has 4 aromatic rings. The Hall–Kier alpha value is -5.59. The van der Waals surface area contributed by atoms with Crippen molar-refractivity contribution in [1.82, 2.24) is 20.7 Å². The SMILES string of the molecule is CC(=O)C(C(=O)O)(c1ccccc1)C(Cc1ccccc1)N(C(=O)[C@H](C)NC(=O)C1CCCN1NC(Cc1ccccc1)N=O)c1cccnc1. The van der Waals surface area contributed by atoms with Crippen molar-refractivity contribution in [3.05, 3.63) is 137 Å². The number of nitroso groups, excluding NO2 is 1. The van der Waals surface area contributed by atoms with E-state index in [-0.39, 0.29) is 17.7 Å². The van der Waals surface area contributed by atoms with E-state index in [0.717, 1.165) is 5.56 Å². The van der Waals surface area contributed by atoms with E-state index in [1.54, 1.807) is 59.6 Å². The van der Waals surface area contributed by atoms with Gasteiger partial charge in [0.15, 0.2) is 17.4 Å². The van der Waals surface area contributed by atoms with Crippen LogP contribution in [0, 0.1) is 4.91 Å². The van der Waals surface area contributed by atoms with Crippen molar-refractivity contribution in [1.29, 1.82) is 0 Å². The average molecular weight is 691 g/mol. The number of ketones is 1. The molecule has 5 atom stereocenters. The number of carbonyl (C=O) groups excluding carboxylic acids is 3. The van der Waals surface area contributed by atoms with Crippen molar-refractivity contribution in [2.45, 2.75) is 69.2 Å². The van der Waals surface area contributed by atoms with Crippen LogP contribution in [0.4, 0.5) is 5.69 Å². The topological polar surface area (TPSA) is 161 Å². The van der Waals surface area contributed by atoms with E-state index >= 15 is 0 Å². The normalized spacial score (nSPS) is 17.3.